The summed E-state index contributed by atoms with van der Waals surface area (Å²) in [6, 6.07) is 0.950. The molecule has 0 fully saturated rings. The number of carboxylic acid groups (broad SMARTS) is 1. The smallest absolute Gasteiger partial charge is 0.339 e. The number of carboxylic acids is 1. The predicted octanol–water partition coefficient (Wildman–Crippen LogP) is 2.59. The fraction of sp³-hybridized carbons (Fsp3) is 0.250. The Morgan fingerprint density at radius 2 is 2.37 bits per heavy atom. The maximum atomic E-state index is 13.0. The van der Waals surface area contributed by atoms with Gasteiger partial charge in [-0.1, -0.05) is 6.92 Å². The summed E-state index contributed by atoms with van der Waals surface area (Å²) >= 11 is 1.53. The zero-order chi connectivity index (χ0) is 13.8. The molecule has 0 saturated carbocycles. The molecule has 1 unspecified atom stereocenters. The number of pyridine rings is 1. The van der Waals surface area contributed by atoms with E-state index in [1.807, 2.05) is 12.3 Å². The van der Waals surface area contributed by atoms with Gasteiger partial charge >= 0.3 is 5.97 Å². The molecule has 2 aromatic rings. The van der Waals surface area contributed by atoms with Crippen LogP contribution in [-0.2, 0) is 0 Å². The minimum absolute atomic E-state index is 0.119. The van der Waals surface area contributed by atoms with Crippen molar-refractivity contribution >= 4 is 23.1 Å². The summed E-state index contributed by atoms with van der Waals surface area (Å²) in [6.07, 6.45) is 2.71. The molecule has 5 nitrogen and oxygen atoms in total. The Morgan fingerprint density at radius 1 is 1.58 bits per heavy atom. The summed E-state index contributed by atoms with van der Waals surface area (Å²) in [5, 5.41) is 14.7. The van der Waals surface area contributed by atoms with Crippen LogP contribution in [0.3, 0.4) is 0 Å². The van der Waals surface area contributed by atoms with Crippen LogP contribution in [0.4, 0.5) is 10.2 Å². The molecule has 100 valence electrons. The maximum absolute atomic E-state index is 13.0. The lowest BCUT2D eigenvalue weighted by atomic mass is 10.2. The molecule has 19 heavy (non-hydrogen) atoms. The number of hydrogen-bond donors (Lipinski definition) is 2. The van der Waals surface area contributed by atoms with Gasteiger partial charge in [0.05, 0.1) is 11.2 Å². The van der Waals surface area contributed by atoms with Crippen molar-refractivity contribution in [3.05, 3.63) is 40.2 Å². The van der Waals surface area contributed by atoms with Crippen molar-refractivity contribution in [3.63, 3.8) is 0 Å². The van der Waals surface area contributed by atoms with E-state index in [0.29, 0.717) is 6.54 Å². The van der Waals surface area contributed by atoms with Crippen LogP contribution in [0.2, 0.25) is 0 Å². The fourth-order valence-electron chi connectivity index (χ4n) is 1.56. The standard InChI is InChI=1S/C12H12FN3O2S/c1-7(11-14-2-3-19-11)5-15-10-9(12(17)18)4-8(13)6-16-10/h2-4,6-7H,5H2,1H3,(H,15,16)(H,17,18). The van der Waals surface area contributed by atoms with Crippen molar-refractivity contribution in [3.8, 4) is 0 Å². The van der Waals surface area contributed by atoms with Crippen LogP contribution in [0.25, 0.3) is 0 Å². The van der Waals surface area contributed by atoms with Gasteiger partial charge in [0.2, 0.25) is 0 Å². The van der Waals surface area contributed by atoms with E-state index < -0.39 is 11.8 Å². The lowest BCUT2D eigenvalue weighted by Gasteiger charge is -2.12. The summed E-state index contributed by atoms with van der Waals surface area (Å²) in [5.74, 6) is -1.60. The third-order valence-electron chi connectivity index (χ3n) is 2.53. The molecule has 0 amide bonds. The first kappa shape index (κ1) is 13.4. The van der Waals surface area contributed by atoms with Crippen LogP contribution in [0.1, 0.15) is 28.2 Å². The van der Waals surface area contributed by atoms with Gasteiger partial charge in [-0.3, -0.25) is 0 Å². The van der Waals surface area contributed by atoms with Gasteiger partial charge in [-0.25, -0.2) is 19.2 Å². The molecule has 2 heterocycles. The second kappa shape index (κ2) is 5.75. The lowest BCUT2D eigenvalue weighted by Crippen LogP contribution is -2.14. The molecule has 2 rings (SSSR count). The topological polar surface area (TPSA) is 75.1 Å². The summed E-state index contributed by atoms with van der Waals surface area (Å²) in [4.78, 5) is 18.9. The Hall–Kier alpha value is -2.02. The van der Waals surface area contributed by atoms with Crippen LogP contribution in [-0.4, -0.2) is 27.6 Å². The second-order valence-electron chi connectivity index (χ2n) is 4.01. The third kappa shape index (κ3) is 3.25. The van der Waals surface area contributed by atoms with Crippen molar-refractivity contribution in [1.29, 1.82) is 0 Å². The Balaban J connectivity index is 2.09. The zero-order valence-corrected chi connectivity index (χ0v) is 10.9. The van der Waals surface area contributed by atoms with Crippen molar-refractivity contribution in [1.82, 2.24) is 9.97 Å². The average molecular weight is 281 g/mol. The molecule has 0 saturated heterocycles. The fourth-order valence-corrected chi connectivity index (χ4v) is 2.26. The molecule has 2 N–H and O–H groups in total. The van der Waals surface area contributed by atoms with Gasteiger partial charge in [0, 0.05) is 24.0 Å². The molecule has 1 atom stereocenters. The number of aromatic nitrogens is 2. The number of anilines is 1. The van der Waals surface area contributed by atoms with E-state index in [2.05, 4.69) is 15.3 Å². The first-order valence-electron chi connectivity index (χ1n) is 5.60. The molecule has 0 aliphatic rings. The van der Waals surface area contributed by atoms with Crippen LogP contribution < -0.4 is 5.32 Å². The minimum Gasteiger partial charge on any atom is -0.478 e. The van der Waals surface area contributed by atoms with E-state index in [1.54, 1.807) is 6.20 Å². The van der Waals surface area contributed by atoms with E-state index in [1.165, 1.54) is 11.3 Å². The zero-order valence-electron chi connectivity index (χ0n) is 10.1. The molecule has 2 aromatic heterocycles. The predicted molar refractivity (Wildman–Crippen MR) is 70.2 cm³/mol. The number of halogens is 1. The normalized spacial score (nSPS) is 12.1. The molecule has 0 aliphatic carbocycles. The van der Waals surface area contributed by atoms with Crippen molar-refractivity contribution < 1.29 is 14.3 Å². The van der Waals surface area contributed by atoms with Gasteiger partial charge in [0.1, 0.15) is 17.2 Å². The molecular formula is C12H12FN3O2S. The number of hydrogen-bond acceptors (Lipinski definition) is 5. The minimum atomic E-state index is -1.21. The molecule has 0 aromatic carbocycles. The van der Waals surface area contributed by atoms with E-state index in [9.17, 15) is 9.18 Å². The van der Waals surface area contributed by atoms with Gasteiger partial charge in [0.15, 0.2) is 0 Å². The molecular weight excluding hydrogens is 269 g/mol. The number of thiazole rings is 1. The van der Waals surface area contributed by atoms with Crippen molar-refractivity contribution in [2.45, 2.75) is 12.8 Å². The Morgan fingerprint density at radius 3 is 3.00 bits per heavy atom. The first-order chi connectivity index (χ1) is 9.08. The van der Waals surface area contributed by atoms with Gasteiger partial charge in [-0.2, -0.15) is 0 Å². The highest BCUT2D eigenvalue weighted by molar-refractivity contribution is 7.09. The van der Waals surface area contributed by atoms with Crippen LogP contribution >= 0.6 is 11.3 Å². The molecule has 0 radical (unpaired) electrons. The molecule has 7 heteroatoms. The average Bonchev–Trinajstić information content (AvgIpc) is 2.90. The largest absolute Gasteiger partial charge is 0.478 e. The SMILES string of the molecule is CC(CNc1ncc(F)cc1C(=O)O)c1nccs1. The van der Waals surface area contributed by atoms with E-state index in [-0.39, 0.29) is 17.3 Å². The Kier molecular flexibility index (Phi) is 4.06. The van der Waals surface area contributed by atoms with Crippen LogP contribution in [0, 0.1) is 5.82 Å². The number of aromatic carboxylic acids is 1. The third-order valence-corrected chi connectivity index (χ3v) is 3.54. The van der Waals surface area contributed by atoms with E-state index in [4.69, 9.17) is 5.11 Å². The van der Waals surface area contributed by atoms with Gasteiger partial charge < -0.3 is 10.4 Å². The molecule has 0 spiro atoms. The van der Waals surface area contributed by atoms with Crippen molar-refractivity contribution in [2.24, 2.45) is 0 Å². The molecule has 0 bridgehead atoms. The van der Waals surface area contributed by atoms with Gasteiger partial charge in [-0.05, 0) is 6.07 Å². The maximum Gasteiger partial charge on any atom is 0.339 e. The van der Waals surface area contributed by atoms with Crippen molar-refractivity contribution in [2.75, 3.05) is 11.9 Å². The summed E-state index contributed by atoms with van der Waals surface area (Å²) in [6.45, 7) is 2.45. The highest BCUT2D eigenvalue weighted by Crippen LogP contribution is 2.19. The first-order valence-corrected chi connectivity index (χ1v) is 6.48. The highest BCUT2D eigenvalue weighted by Gasteiger charge is 2.14. The van der Waals surface area contributed by atoms with Crippen LogP contribution in [0.5, 0.6) is 0 Å². The number of nitrogens with zero attached hydrogens (tertiary/aromatic N) is 2. The van der Waals surface area contributed by atoms with Gasteiger partial charge in [0.25, 0.3) is 0 Å². The summed E-state index contributed by atoms with van der Waals surface area (Å²) < 4.78 is 13.0. The lowest BCUT2D eigenvalue weighted by molar-refractivity contribution is 0.0697. The quantitative estimate of drug-likeness (QED) is 0.881. The number of carbonyl (C=O) groups is 1. The Labute approximate surface area is 113 Å². The highest BCUT2D eigenvalue weighted by atomic mass is 32.1. The summed E-state index contributed by atoms with van der Waals surface area (Å²) in [5.41, 5.74) is -0.175. The summed E-state index contributed by atoms with van der Waals surface area (Å²) in [7, 11) is 0. The van der Waals surface area contributed by atoms with Crippen LogP contribution in [0.15, 0.2) is 23.8 Å². The van der Waals surface area contributed by atoms with E-state index in [0.717, 1.165) is 17.3 Å². The second-order valence-corrected chi connectivity index (χ2v) is 4.93. The number of nitrogens with one attached hydrogen (secondary N) is 1. The monoisotopic (exact) mass is 281 g/mol. The molecule has 0 aliphatic heterocycles. The Bertz CT molecular complexity index is 574. The number of rotatable bonds is 5. The van der Waals surface area contributed by atoms with E-state index >= 15 is 0 Å². The van der Waals surface area contributed by atoms with Gasteiger partial charge in [-0.15, -0.1) is 11.3 Å².